The molecule has 0 aromatic heterocycles. The van der Waals surface area contributed by atoms with E-state index in [4.69, 9.17) is 0 Å². The first-order valence-corrected chi connectivity index (χ1v) is 6.76. The number of nitro groups is 1. The first-order chi connectivity index (χ1) is 9.04. The molecule has 1 atom stereocenters. The predicted molar refractivity (Wildman–Crippen MR) is 75.2 cm³/mol. The summed E-state index contributed by atoms with van der Waals surface area (Å²) in [6, 6.07) is 4.22. The number of hydrogen-bond acceptors (Lipinski definition) is 4. The Kier molecular flexibility index (Phi) is 4.16. The minimum Gasteiger partial charge on any atom is -0.310 e. The maximum Gasteiger partial charge on any atom is 0.271 e. The number of benzene rings is 1. The van der Waals surface area contributed by atoms with E-state index in [0.717, 1.165) is 12.8 Å². The zero-order valence-electron chi connectivity index (χ0n) is 10.4. The van der Waals surface area contributed by atoms with Gasteiger partial charge in [-0.05, 0) is 41.9 Å². The summed E-state index contributed by atoms with van der Waals surface area (Å²) in [6.45, 7) is 0.580. The second-order valence-corrected chi connectivity index (χ2v) is 5.22. The van der Waals surface area contributed by atoms with Gasteiger partial charge in [-0.1, -0.05) is 0 Å². The number of amides is 1. The lowest BCUT2D eigenvalue weighted by Gasteiger charge is -2.32. The maximum atomic E-state index is 12.3. The molecule has 7 heteroatoms. The monoisotopic (exact) mass is 327 g/mol. The summed E-state index contributed by atoms with van der Waals surface area (Å²) >= 11 is 3.35. The zero-order valence-corrected chi connectivity index (χ0v) is 12.0. The maximum absolute atomic E-state index is 12.3. The van der Waals surface area contributed by atoms with Gasteiger partial charge in [0.15, 0.2) is 0 Å². The molecule has 19 heavy (non-hydrogen) atoms. The summed E-state index contributed by atoms with van der Waals surface area (Å²) < 4.78 is 0.684. The number of nitrogens with one attached hydrogen (secondary N) is 1. The van der Waals surface area contributed by atoms with Gasteiger partial charge in [-0.25, -0.2) is 0 Å². The van der Waals surface area contributed by atoms with Gasteiger partial charge in [-0.3, -0.25) is 14.9 Å². The number of carbonyl (C=O) groups is 1. The van der Waals surface area contributed by atoms with Crippen molar-refractivity contribution in [1.29, 1.82) is 0 Å². The summed E-state index contributed by atoms with van der Waals surface area (Å²) in [6.07, 6.45) is 1.66. The summed E-state index contributed by atoms with van der Waals surface area (Å²) in [5.41, 5.74) is 0.539. The van der Waals surface area contributed by atoms with Crippen LogP contribution in [0, 0.1) is 10.1 Å². The Morgan fingerprint density at radius 2 is 2.26 bits per heavy atom. The van der Waals surface area contributed by atoms with E-state index in [1.807, 2.05) is 0 Å². The second-order valence-electron chi connectivity index (χ2n) is 4.37. The highest BCUT2D eigenvalue weighted by molar-refractivity contribution is 9.10. The average Bonchev–Trinajstić information content (AvgIpc) is 2.39. The van der Waals surface area contributed by atoms with E-state index in [9.17, 15) is 14.9 Å². The van der Waals surface area contributed by atoms with Gasteiger partial charge in [0.2, 0.25) is 5.91 Å². The Labute approximate surface area is 119 Å². The number of anilines is 1. The molecule has 1 amide bonds. The van der Waals surface area contributed by atoms with Crippen LogP contribution in [0.25, 0.3) is 0 Å². The number of nitrogens with zero attached hydrogens (tertiary/aromatic N) is 2. The Bertz CT molecular complexity index is 521. The van der Waals surface area contributed by atoms with Crippen molar-refractivity contribution >= 4 is 33.2 Å². The Balaban J connectivity index is 2.37. The molecule has 102 valence electrons. The predicted octanol–water partition coefficient (Wildman–Crippen LogP) is 2.07. The number of hydrogen-bond donors (Lipinski definition) is 1. The number of piperidine rings is 1. The molecule has 0 aliphatic carbocycles. The lowest BCUT2D eigenvalue weighted by molar-refractivity contribution is -0.384. The molecule has 1 aliphatic heterocycles. The molecule has 1 aliphatic rings. The molecule has 0 spiro atoms. The fraction of sp³-hybridized carbons (Fsp3) is 0.417. The molecular formula is C12H14BrN3O3. The number of non-ortho nitro benzene ring substituents is 1. The summed E-state index contributed by atoms with van der Waals surface area (Å²) in [5.74, 6) is -0.0463. The van der Waals surface area contributed by atoms with Crippen LogP contribution in [0.3, 0.4) is 0 Å². The molecule has 1 saturated heterocycles. The molecule has 0 saturated carbocycles. The van der Waals surface area contributed by atoms with Crippen LogP contribution in [0.1, 0.15) is 12.8 Å². The highest BCUT2D eigenvalue weighted by Crippen LogP contribution is 2.32. The van der Waals surface area contributed by atoms with E-state index in [1.165, 1.54) is 12.1 Å². The quantitative estimate of drug-likeness (QED) is 0.681. The Morgan fingerprint density at radius 1 is 1.53 bits per heavy atom. The average molecular weight is 328 g/mol. The largest absolute Gasteiger partial charge is 0.310 e. The SMILES string of the molecule is CNC1CCCN(c2cc([N+](=O)[O-])ccc2Br)C1=O. The van der Waals surface area contributed by atoms with Crippen LogP contribution in [-0.2, 0) is 4.79 Å². The fourth-order valence-corrected chi connectivity index (χ4v) is 2.66. The lowest BCUT2D eigenvalue weighted by Crippen LogP contribution is -2.49. The first-order valence-electron chi connectivity index (χ1n) is 5.97. The van der Waals surface area contributed by atoms with Gasteiger partial charge in [-0.15, -0.1) is 0 Å². The molecule has 1 fully saturated rings. The van der Waals surface area contributed by atoms with Crippen LogP contribution < -0.4 is 10.2 Å². The molecule has 1 N–H and O–H groups in total. The molecular weight excluding hydrogens is 314 g/mol. The van der Waals surface area contributed by atoms with Crippen molar-refractivity contribution in [3.63, 3.8) is 0 Å². The molecule has 0 radical (unpaired) electrons. The number of rotatable bonds is 3. The second kappa shape index (κ2) is 5.66. The molecule has 1 unspecified atom stereocenters. The molecule has 0 bridgehead atoms. The van der Waals surface area contributed by atoms with E-state index in [1.54, 1.807) is 18.0 Å². The van der Waals surface area contributed by atoms with Gasteiger partial charge in [-0.2, -0.15) is 0 Å². The molecule has 2 rings (SSSR count). The number of nitro benzene ring substituents is 1. The lowest BCUT2D eigenvalue weighted by atomic mass is 10.0. The van der Waals surface area contributed by atoms with E-state index >= 15 is 0 Å². The summed E-state index contributed by atoms with van der Waals surface area (Å²) in [7, 11) is 1.74. The molecule has 6 nitrogen and oxygen atoms in total. The normalized spacial score (nSPS) is 19.6. The minimum absolute atomic E-state index is 0.0161. The Morgan fingerprint density at radius 3 is 2.89 bits per heavy atom. The topological polar surface area (TPSA) is 75.5 Å². The van der Waals surface area contributed by atoms with Crippen molar-refractivity contribution in [2.24, 2.45) is 0 Å². The van der Waals surface area contributed by atoms with E-state index < -0.39 is 4.92 Å². The van der Waals surface area contributed by atoms with E-state index in [-0.39, 0.29) is 17.6 Å². The third-order valence-electron chi connectivity index (χ3n) is 3.22. The number of carbonyl (C=O) groups excluding carboxylic acids is 1. The van der Waals surface area contributed by atoms with Gasteiger partial charge in [0.25, 0.3) is 5.69 Å². The highest BCUT2D eigenvalue weighted by Gasteiger charge is 2.30. The van der Waals surface area contributed by atoms with Crippen molar-refractivity contribution < 1.29 is 9.72 Å². The van der Waals surface area contributed by atoms with Crippen LogP contribution in [0.15, 0.2) is 22.7 Å². The van der Waals surface area contributed by atoms with E-state index in [0.29, 0.717) is 16.7 Å². The van der Waals surface area contributed by atoms with Crippen molar-refractivity contribution in [2.45, 2.75) is 18.9 Å². The van der Waals surface area contributed by atoms with Gasteiger partial charge in [0, 0.05) is 23.2 Å². The summed E-state index contributed by atoms with van der Waals surface area (Å²) in [5, 5.41) is 13.8. The Hall–Kier alpha value is -1.47. The van der Waals surface area contributed by atoms with Gasteiger partial charge in [0.05, 0.1) is 16.7 Å². The third-order valence-corrected chi connectivity index (χ3v) is 3.89. The molecule has 1 heterocycles. The standard InChI is InChI=1S/C12H14BrN3O3/c1-14-10-3-2-6-15(12(10)17)11-7-8(16(18)19)4-5-9(11)13/h4-5,7,10,14H,2-3,6H2,1H3. The van der Waals surface area contributed by atoms with Crippen molar-refractivity contribution in [1.82, 2.24) is 5.32 Å². The van der Waals surface area contributed by atoms with Crippen molar-refractivity contribution in [2.75, 3.05) is 18.5 Å². The van der Waals surface area contributed by atoms with Gasteiger partial charge < -0.3 is 10.2 Å². The fourth-order valence-electron chi connectivity index (χ4n) is 2.20. The zero-order chi connectivity index (χ0) is 14.0. The van der Waals surface area contributed by atoms with Crippen LogP contribution in [0.5, 0.6) is 0 Å². The first kappa shape index (κ1) is 14.0. The highest BCUT2D eigenvalue weighted by atomic mass is 79.9. The van der Waals surface area contributed by atoms with Crippen LogP contribution in [0.4, 0.5) is 11.4 Å². The minimum atomic E-state index is -0.458. The summed E-state index contributed by atoms with van der Waals surface area (Å²) in [4.78, 5) is 24.2. The van der Waals surface area contributed by atoms with Crippen molar-refractivity contribution in [3.05, 3.63) is 32.8 Å². The van der Waals surface area contributed by atoms with Gasteiger partial charge in [0.1, 0.15) is 0 Å². The third kappa shape index (κ3) is 2.76. The van der Waals surface area contributed by atoms with Crippen LogP contribution >= 0.6 is 15.9 Å². The van der Waals surface area contributed by atoms with E-state index in [2.05, 4.69) is 21.2 Å². The smallest absolute Gasteiger partial charge is 0.271 e. The van der Waals surface area contributed by atoms with Crippen molar-refractivity contribution in [3.8, 4) is 0 Å². The number of halogens is 1. The molecule has 1 aromatic carbocycles. The van der Waals surface area contributed by atoms with Gasteiger partial charge >= 0.3 is 0 Å². The van der Waals surface area contributed by atoms with Crippen LogP contribution in [-0.4, -0.2) is 30.5 Å². The number of likely N-dealkylation sites (N-methyl/N-ethyl adjacent to an activating group) is 1. The molecule has 1 aromatic rings. The van der Waals surface area contributed by atoms with Crippen LogP contribution in [0.2, 0.25) is 0 Å².